The second kappa shape index (κ2) is 44.8. The van der Waals surface area contributed by atoms with Gasteiger partial charge in [0.15, 0.2) is 24.6 Å². The van der Waals surface area contributed by atoms with Crippen LogP contribution in [0.3, 0.4) is 0 Å². The summed E-state index contributed by atoms with van der Waals surface area (Å²) < 4.78 is 28.1. The molecule has 0 amide bonds. The lowest BCUT2D eigenvalue weighted by molar-refractivity contribution is -0.301. The van der Waals surface area contributed by atoms with Crippen molar-refractivity contribution in [1.82, 2.24) is 0 Å². The number of ether oxygens (including phenoxy) is 5. The monoisotopic (exact) mass is 967 g/mol. The van der Waals surface area contributed by atoms with Crippen molar-refractivity contribution in [3.8, 4) is 0 Å². The number of hydrogen-bond acceptors (Lipinski definition) is 11. The molecule has 0 spiro atoms. The molecule has 6 atom stereocenters. The van der Waals surface area contributed by atoms with E-state index in [0.29, 0.717) is 19.3 Å². The van der Waals surface area contributed by atoms with E-state index in [9.17, 15) is 34.5 Å². The minimum Gasteiger partial charge on any atom is -0.479 e. The molecular weight excluding hydrogens is 877 g/mol. The fraction of sp³-hybridized carbons (Fsp3) is 0.649. The number of allylic oxidation sites excluding steroid dienone is 15. The number of hydrogen-bond donors (Lipinski definition) is 3. The number of aliphatic carboxylic acids is 1. The summed E-state index contributed by atoms with van der Waals surface area (Å²) in [6, 6.07) is 0. The van der Waals surface area contributed by atoms with E-state index in [1.165, 1.54) is 12.8 Å². The van der Waals surface area contributed by atoms with Gasteiger partial charge in [-0.05, 0) is 89.9 Å². The van der Waals surface area contributed by atoms with E-state index < -0.39 is 67.3 Å². The maximum absolute atomic E-state index is 13.0. The van der Waals surface area contributed by atoms with Crippen LogP contribution in [0.5, 0.6) is 0 Å². The number of rotatable bonds is 42. The van der Waals surface area contributed by atoms with Crippen molar-refractivity contribution in [2.24, 2.45) is 0 Å². The Balaban J connectivity index is 2.80. The van der Waals surface area contributed by atoms with Gasteiger partial charge < -0.3 is 39.0 Å². The minimum atomic E-state index is -1.94. The molecule has 69 heavy (non-hydrogen) atoms. The molecule has 390 valence electrons. The van der Waals surface area contributed by atoms with Crippen molar-refractivity contribution in [3.63, 3.8) is 0 Å². The predicted octanol–water partition coefficient (Wildman–Crippen LogP) is 12.6. The largest absolute Gasteiger partial charge is 0.479 e. The van der Waals surface area contributed by atoms with Gasteiger partial charge in [-0.3, -0.25) is 14.4 Å². The van der Waals surface area contributed by atoms with Crippen LogP contribution in [0.25, 0.3) is 0 Å². The maximum atomic E-state index is 13.0. The molecule has 12 nitrogen and oxygen atoms in total. The molecule has 1 aliphatic heterocycles. The van der Waals surface area contributed by atoms with Gasteiger partial charge in [-0.2, -0.15) is 0 Å². The van der Waals surface area contributed by atoms with Gasteiger partial charge in [0.05, 0.1) is 13.0 Å². The van der Waals surface area contributed by atoms with Gasteiger partial charge in [0.1, 0.15) is 18.8 Å². The number of aliphatic hydroxyl groups is 2. The first-order valence-corrected chi connectivity index (χ1v) is 26.2. The molecule has 1 saturated heterocycles. The third kappa shape index (κ3) is 35.4. The minimum absolute atomic E-state index is 0.134. The fourth-order valence-electron chi connectivity index (χ4n) is 7.11. The van der Waals surface area contributed by atoms with E-state index in [1.807, 2.05) is 12.2 Å². The SMILES string of the molecule is CC/C=C\C/C=C\C/C=C\C/C=C\C/C=C\CC(=O)OC1C(OCC(COC(=O)CCCCCCC/C=C\C/C=C\CCC)OC(=O)CCCCCCC/C=C\CCCC)OC(C(=O)O)C(O)C1O. The van der Waals surface area contributed by atoms with Gasteiger partial charge >= 0.3 is 23.9 Å². The first kappa shape index (κ1) is 62.7. The summed E-state index contributed by atoms with van der Waals surface area (Å²) in [5.74, 6) is -3.33. The lowest BCUT2D eigenvalue weighted by atomic mass is 9.98. The molecule has 1 rings (SSSR count). The van der Waals surface area contributed by atoms with Gasteiger partial charge in [0.2, 0.25) is 0 Å². The highest BCUT2D eigenvalue weighted by Crippen LogP contribution is 2.26. The molecular formula is C57H90O12. The molecule has 0 aliphatic carbocycles. The Labute approximate surface area is 415 Å². The van der Waals surface area contributed by atoms with Crippen LogP contribution in [0.4, 0.5) is 0 Å². The standard InChI is InChI=1S/C57H90O12/c1-4-7-10-13-16-19-22-24-25-27-30-33-36-39-42-45-51(60)68-55-53(62)52(61)54(56(63)64)69-57(55)66-47-48(67-50(59)44-41-38-35-32-28-21-18-15-12-9-6-3)46-65-49(58)43-40-37-34-31-29-26-23-20-17-14-11-8-5-2/h7,10-11,14-16,18-20,23-25,30,33,39,42,48,52-55,57,61-62H,4-6,8-9,12-13,17,21-22,26-29,31-32,34-38,40-41,43-47H2,1-3H3,(H,63,64)/b10-7-,14-11-,18-15-,19-16-,23-20-,25-24-,33-30-,42-39-. The third-order valence-electron chi connectivity index (χ3n) is 11.1. The fourth-order valence-corrected chi connectivity index (χ4v) is 7.11. The van der Waals surface area contributed by atoms with E-state index in [4.69, 9.17) is 23.7 Å². The first-order valence-electron chi connectivity index (χ1n) is 26.2. The molecule has 0 saturated carbocycles. The van der Waals surface area contributed by atoms with Crippen LogP contribution in [0.2, 0.25) is 0 Å². The van der Waals surface area contributed by atoms with Crippen LogP contribution < -0.4 is 0 Å². The number of esters is 3. The van der Waals surface area contributed by atoms with Crippen LogP contribution >= 0.6 is 0 Å². The molecule has 1 aliphatic rings. The summed E-state index contributed by atoms with van der Waals surface area (Å²) in [6.07, 6.45) is 45.7. The third-order valence-corrected chi connectivity index (χ3v) is 11.1. The second-order valence-electron chi connectivity index (χ2n) is 17.4. The second-order valence-corrected chi connectivity index (χ2v) is 17.4. The van der Waals surface area contributed by atoms with Crippen molar-refractivity contribution < 1.29 is 58.2 Å². The Morgan fingerprint density at radius 2 is 0.986 bits per heavy atom. The Bertz CT molecular complexity index is 1570. The van der Waals surface area contributed by atoms with Crippen molar-refractivity contribution in [1.29, 1.82) is 0 Å². The van der Waals surface area contributed by atoms with Crippen molar-refractivity contribution >= 4 is 23.9 Å². The smallest absolute Gasteiger partial charge is 0.335 e. The predicted molar refractivity (Wildman–Crippen MR) is 275 cm³/mol. The van der Waals surface area contributed by atoms with Gasteiger partial charge in [0.25, 0.3) is 0 Å². The molecule has 0 aromatic carbocycles. The molecule has 3 N–H and O–H groups in total. The molecule has 6 unspecified atom stereocenters. The van der Waals surface area contributed by atoms with Crippen LogP contribution in [0.1, 0.15) is 188 Å². The van der Waals surface area contributed by atoms with E-state index in [-0.39, 0.29) is 25.9 Å². The molecule has 0 aromatic rings. The molecule has 12 heteroatoms. The number of carbonyl (C=O) groups is 4. The quantitative estimate of drug-likeness (QED) is 0.0229. The first-order chi connectivity index (χ1) is 33.6. The number of aliphatic hydroxyl groups excluding tert-OH is 2. The summed E-state index contributed by atoms with van der Waals surface area (Å²) in [5.41, 5.74) is 0. The Morgan fingerprint density at radius 1 is 0.507 bits per heavy atom. The summed E-state index contributed by atoms with van der Waals surface area (Å²) in [5, 5.41) is 31.3. The number of carbonyl (C=O) groups excluding carboxylic acids is 3. The van der Waals surface area contributed by atoms with Crippen molar-refractivity contribution in [2.45, 2.75) is 225 Å². The van der Waals surface area contributed by atoms with E-state index >= 15 is 0 Å². The van der Waals surface area contributed by atoms with Crippen molar-refractivity contribution in [2.75, 3.05) is 13.2 Å². The van der Waals surface area contributed by atoms with E-state index in [0.717, 1.165) is 116 Å². The van der Waals surface area contributed by atoms with Crippen LogP contribution in [0.15, 0.2) is 97.2 Å². The van der Waals surface area contributed by atoms with Crippen LogP contribution in [-0.4, -0.2) is 89.2 Å². The highest BCUT2D eigenvalue weighted by molar-refractivity contribution is 5.74. The Morgan fingerprint density at radius 3 is 1.54 bits per heavy atom. The normalized spacial score (nSPS) is 19.5. The maximum Gasteiger partial charge on any atom is 0.335 e. The zero-order chi connectivity index (χ0) is 50.4. The Hall–Kier alpha value is -4.36. The molecule has 0 bridgehead atoms. The lowest BCUT2D eigenvalue weighted by Crippen LogP contribution is -2.61. The van der Waals surface area contributed by atoms with Crippen LogP contribution in [0, 0.1) is 0 Å². The number of unbranched alkanes of at least 4 members (excludes halogenated alkanes) is 13. The van der Waals surface area contributed by atoms with Gasteiger partial charge in [-0.15, -0.1) is 0 Å². The average molecular weight is 967 g/mol. The van der Waals surface area contributed by atoms with Gasteiger partial charge in [-0.25, -0.2) is 4.79 Å². The summed E-state index contributed by atoms with van der Waals surface area (Å²) in [4.78, 5) is 50.8. The van der Waals surface area contributed by atoms with Gasteiger partial charge in [0, 0.05) is 12.8 Å². The highest BCUT2D eigenvalue weighted by atomic mass is 16.7. The number of carboxylic acids is 1. The molecule has 1 heterocycles. The van der Waals surface area contributed by atoms with Crippen molar-refractivity contribution in [3.05, 3.63) is 97.2 Å². The topological polar surface area (TPSA) is 175 Å². The average Bonchev–Trinajstić information content (AvgIpc) is 3.33. The molecule has 0 aromatic heterocycles. The van der Waals surface area contributed by atoms with E-state index in [2.05, 4.69) is 93.7 Å². The Kier molecular flexibility index (Phi) is 40.7. The highest BCUT2D eigenvalue weighted by Gasteiger charge is 2.50. The summed E-state index contributed by atoms with van der Waals surface area (Å²) >= 11 is 0. The lowest BCUT2D eigenvalue weighted by Gasteiger charge is -2.40. The zero-order valence-corrected chi connectivity index (χ0v) is 42.5. The van der Waals surface area contributed by atoms with E-state index in [1.54, 1.807) is 12.2 Å². The molecule has 1 fully saturated rings. The zero-order valence-electron chi connectivity index (χ0n) is 42.5. The van der Waals surface area contributed by atoms with Crippen LogP contribution in [-0.2, 0) is 42.9 Å². The summed E-state index contributed by atoms with van der Waals surface area (Å²) in [6.45, 7) is 5.67. The molecule has 0 radical (unpaired) electrons. The van der Waals surface area contributed by atoms with Gasteiger partial charge in [-0.1, -0.05) is 176 Å². The number of carboxylic acid groups (broad SMARTS) is 1. The summed E-state index contributed by atoms with van der Waals surface area (Å²) in [7, 11) is 0.